The van der Waals surface area contributed by atoms with Crippen LogP contribution in [0.4, 0.5) is 4.39 Å². The third-order valence-corrected chi connectivity index (χ3v) is 5.46. The number of nitrogens with one attached hydrogen (secondary N) is 2. The van der Waals surface area contributed by atoms with Crippen LogP contribution >= 0.6 is 23.7 Å². The number of amides is 1. The van der Waals surface area contributed by atoms with Gasteiger partial charge in [0, 0.05) is 44.1 Å². The monoisotopic (exact) mass is 383 g/mol. The highest BCUT2D eigenvalue weighted by atomic mass is 35.5. The Labute approximate surface area is 157 Å². The molecular weight excluding hydrogens is 361 g/mol. The molecule has 1 aromatic carbocycles. The first-order chi connectivity index (χ1) is 11.6. The molecule has 0 bridgehead atoms. The van der Waals surface area contributed by atoms with E-state index < -0.39 is 0 Å². The molecule has 2 N–H and O–H groups in total. The van der Waals surface area contributed by atoms with Crippen molar-refractivity contribution in [1.29, 1.82) is 0 Å². The maximum Gasteiger partial charge on any atom is 0.261 e. The molecule has 1 aromatic heterocycles. The Morgan fingerprint density at radius 3 is 2.64 bits per heavy atom. The van der Waals surface area contributed by atoms with Gasteiger partial charge in [0.1, 0.15) is 5.82 Å². The molecule has 1 fully saturated rings. The molecule has 0 aliphatic carbocycles. The molecule has 0 unspecified atom stereocenters. The standard InChI is InChI=1S/C18H22FN3OS.ClH/c1-13-12-16(24-17(13)14-2-4-15(19)5-3-14)18(23)21-8-11-22-9-6-20-7-10-22;/h2-5,12,20H,6-11H2,1H3,(H,21,23);1H. The minimum absolute atomic E-state index is 0. The Hall–Kier alpha value is -1.47. The van der Waals surface area contributed by atoms with Crippen molar-refractivity contribution >= 4 is 29.7 Å². The predicted molar refractivity (Wildman–Crippen MR) is 103 cm³/mol. The van der Waals surface area contributed by atoms with Gasteiger partial charge in [0.2, 0.25) is 0 Å². The highest BCUT2D eigenvalue weighted by Gasteiger charge is 2.14. The summed E-state index contributed by atoms with van der Waals surface area (Å²) in [5.41, 5.74) is 1.98. The number of thiophene rings is 1. The topological polar surface area (TPSA) is 44.4 Å². The van der Waals surface area contributed by atoms with E-state index >= 15 is 0 Å². The molecule has 2 aromatic rings. The minimum atomic E-state index is -0.251. The van der Waals surface area contributed by atoms with E-state index in [2.05, 4.69) is 15.5 Å². The van der Waals surface area contributed by atoms with Crippen LogP contribution in [-0.4, -0.2) is 50.1 Å². The maximum atomic E-state index is 13.1. The number of carbonyl (C=O) groups is 1. The molecule has 25 heavy (non-hydrogen) atoms. The molecule has 3 rings (SSSR count). The molecule has 1 amide bonds. The van der Waals surface area contributed by atoms with Crippen LogP contribution in [0.15, 0.2) is 30.3 Å². The van der Waals surface area contributed by atoms with Crippen molar-refractivity contribution < 1.29 is 9.18 Å². The number of piperazine rings is 1. The quantitative estimate of drug-likeness (QED) is 0.834. The first-order valence-corrected chi connectivity index (χ1v) is 9.03. The highest BCUT2D eigenvalue weighted by Crippen LogP contribution is 2.32. The van der Waals surface area contributed by atoms with E-state index in [0.717, 1.165) is 48.7 Å². The summed E-state index contributed by atoms with van der Waals surface area (Å²) in [5, 5.41) is 6.31. The van der Waals surface area contributed by atoms with Gasteiger partial charge in [-0.05, 0) is 36.2 Å². The van der Waals surface area contributed by atoms with Crippen molar-refractivity contribution in [1.82, 2.24) is 15.5 Å². The third kappa shape index (κ3) is 5.25. The van der Waals surface area contributed by atoms with Gasteiger partial charge in [-0.25, -0.2) is 4.39 Å². The summed E-state index contributed by atoms with van der Waals surface area (Å²) in [4.78, 5) is 16.4. The van der Waals surface area contributed by atoms with Gasteiger partial charge in [0.25, 0.3) is 5.91 Å². The second kappa shape index (κ2) is 9.29. The summed E-state index contributed by atoms with van der Waals surface area (Å²) in [5.74, 6) is -0.287. The second-order valence-electron chi connectivity index (χ2n) is 5.98. The van der Waals surface area contributed by atoms with E-state index in [1.165, 1.54) is 23.5 Å². The van der Waals surface area contributed by atoms with Crippen LogP contribution in [-0.2, 0) is 0 Å². The fourth-order valence-corrected chi connectivity index (χ4v) is 3.93. The second-order valence-corrected chi connectivity index (χ2v) is 7.03. The largest absolute Gasteiger partial charge is 0.350 e. The van der Waals surface area contributed by atoms with Crippen molar-refractivity contribution in [2.24, 2.45) is 0 Å². The normalized spacial score (nSPS) is 14.8. The Morgan fingerprint density at radius 2 is 1.96 bits per heavy atom. The zero-order valence-electron chi connectivity index (χ0n) is 14.2. The van der Waals surface area contributed by atoms with Gasteiger partial charge in [-0.15, -0.1) is 23.7 Å². The number of rotatable bonds is 5. The fraction of sp³-hybridized carbons (Fsp3) is 0.389. The number of nitrogens with zero attached hydrogens (tertiary/aromatic N) is 1. The number of hydrogen-bond donors (Lipinski definition) is 2. The van der Waals surface area contributed by atoms with E-state index in [9.17, 15) is 9.18 Å². The lowest BCUT2D eigenvalue weighted by molar-refractivity contribution is 0.0951. The van der Waals surface area contributed by atoms with Crippen LogP contribution in [0.5, 0.6) is 0 Å². The molecule has 1 aliphatic rings. The smallest absolute Gasteiger partial charge is 0.261 e. The van der Waals surface area contributed by atoms with Crippen molar-refractivity contribution in [3.05, 3.63) is 46.6 Å². The summed E-state index contributed by atoms with van der Waals surface area (Å²) in [6.45, 7) is 7.60. The molecule has 4 nitrogen and oxygen atoms in total. The summed E-state index contributed by atoms with van der Waals surface area (Å²) < 4.78 is 13.1. The van der Waals surface area contributed by atoms with E-state index in [1.54, 1.807) is 12.1 Å². The Bertz CT molecular complexity index is 699. The zero-order valence-corrected chi connectivity index (χ0v) is 15.8. The maximum absolute atomic E-state index is 13.1. The van der Waals surface area contributed by atoms with E-state index in [4.69, 9.17) is 0 Å². The van der Waals surface area contributed by atoms with E-state index in [0.29, 0.717) is 11.4 Å². The molecule has 0 saturated carbocycles. The minimum Gasteiger partial charge on any atom is -0.350 e. The summed E-state index contributed by atoms with van der Waals surface area (Å²) >= 11 is 1.45. The molecule has 7 heteroatoms. The predicted octanol–water partition coefficient (Wildman–Crippen LogP) is 2.92. The van der Waals surface area contributed by atoms with Crippen LogP contribution in [0.3, 0.4) is 0 Å². The van der Waals surface area contributed by atoms with Gasteiger partial charge in [-0.2, -0.15) is 0 Å². The lowest BCUT2D eigenvalue weighted by atomic mass is 10.1. The van der Waals surface area contributed by atoms with Crippen LogP contribution in [0.1, 0.15) is 15.2 Å². The van der Waals surface area contributed by atoms with Crippen LogP contribution in [0.25, 0.3) is 10.4 Å². The van der Waals surface area contributed by atoms with Crippen LogP contribution in [0, 0.1) is 12.7 Å². The number of benzene rings is 1. The summed E-state index contributed by atoms with van der Waals surface area (Å²) in [6.07, 6.45) is 0. The lowest BCUT2D eigenvalue weighted by Crippen LogP contribution is -2.46. The molecule has 0 atom stereocenters. The number of aryl methyl sites for hydroxylation is 1. The average Bonchev–Trinajstić information content (AvgIpc) is 2.98. The molecule has 1 aliphatic heterocycles. The van der Waals surface area contributed by atoms with Crippen molar-refractivity contribution in [2.45, 2.75) is 6.92 Å². The molecule has 0 radical (unpaired) electrons. The van der Waals surface area contributed by atoms with Crippen molar-refractivity contribution in [3.8, 4) is 10.4 Å². The van der Waals surface area contributed by atoms with Gasteiger partial charge in [-0.3, -0.25) is 9.69 Å². The molecule has 1 saturated heterocycles. The van der Waals surface area contributed by atoms with Crippen molar-refractivity contribution in [3.63, 3.8) is 0 Å². The number of halogens is 2. The number of carbonyl (C=O) groups excluding carboxylic acids is 1. The number of hydrogen-bond acceptors (Lipinski definition) is 4. The molecular formula is C18H23ClFN3OS. The average molecular weight is 384 g/mol. The Balaban J connectivity index is 0.00000225. The molecule has 136 valence electrons. The first-order valence-electron chi connectivity index (χ1n) is 8.21. The van der Waals surface area contributed by atoms with Gasteiger partial charge >= 0.3 is 0 Å². The lowest BCUT2D eigenvalue weighted by Gasteiger charge is -2.26. The van der Waals surface area contributed by atoms with E-state index in [1.807, 2.05) is 13.0 Å². The van der Waals surface area contributed by atoms with Gasteiger partial charge in [-0.1, -0.05) is 12.1 Å². The van der Waals surface area contributed by atoms with Crippen LogP contribution in [0.2, 0.25) is 0 Å². The SMILES string of the molecule is Cc1cc(C(=O)NCCN2CCNCC2)sc1-c1ccc(F)cc1.Cl. The van der Waals surface area contributed by atoms with Crippen molar-refractivity contribution in [2.75, 3.05) is 39.3 Å². The highest BCUT2D eigenvalue weighted by molar-refractivity contribution is 7.17. The van der Waals surface area contributed by atoms with Crippen LogP contribution < -0.4 is 10.6 Å². The Morgan fingerprint density at radius 1 is 1.28 bits per heavy atom. The Kier molecular flexibility index (Phi) is 7.38. The summed E-state index contributed by atoms with van der Waals surface area (Å²) in [7, 11) is 0. The molecule has 2 heterocycles. The molecule has 0 spiro atoms. The zero-order chi connectivity index (χ0) is 16.9. The third-order valence-electron chi connectivity index (χ3n) is 4.17. The van der Waals surface area contributed by atoms with Gasteiger partial charge in [0.15, 0.2) is 0 Å². The fourth-order valence-electron chi connectivity index (χ4n) is 2.83. The first kappa shape index (κ1) is 19.8. The summed E-state index contributed by atoms with van der Waals surface area (Å²) in [6, 6.07) is 8.30. The van der Waals surface area contributed by atoms with E-state index in [-0.39, 0.29) is 24.1 Å². The van der Waals surface area contributed by atoms with Gasteiger partial charge in [0.05, 0.1) is 4.88 Å². The van der Waals surface area contributed by atoms with Gasteiger partial charge < -0.3 is 10.6 Å².